The van der Waals surface area contributed by atoms with E-state index in [1.165, 1.54) is 55.2 Å². The van der Waals surface area contributed by atoms with E-state index >= 15 is 0 Å². The van der Waals surface area contributed by atoms with Crippen molar-refractivity contribution in [1.82, 2.24) is 5.32 Å². The van der Waals surface area contributed by atoms with Crippen LogP contribution in [-0.4, -0.2) is 11.7 Å². The molecular weight excluding hydrogens is 258 g/mol. The molecule has 2 aliphatic carbocycles. The normalized spacial score (nSPS) is 26.0. The summed E-state index contributed by atoms with van der Waals surface area (Å²) in [4.78, 5) is 0. The molecule has 0 saturated heterocycles. The quantitative estimate of drug-likeness (QED) is 0.833. The molecule has 0 heterocycles. The number of phenolic OH excluding ortho intramolecular Hbond substituents is 1. The number of phenols is 1. The summed E-state index contributed by atoms with van der Waals surface area (Å²) in [6.07, 6.45) is 9.55. The lowest BCUT2D eigenvalue weighted by molar-refractivity contribution is 0.326. The Kier molecular flexibility index (Phi) is 4.54. The molecule has 0 spiro atoms. The number of aryl methyl sites for hydroxylation is 1. The van der Waals surface area contributed by atoms with Gasteiger partial charge in [0.05, 0.1) is 0 Å². The molecule has 2 atom stereocenters. The highest BCUT2D eigenvalue weighted by atomic mass is 16.3. The predicted octanol–water partition coefficient (Wildman–Crippen LogP) is 4.81. The fourth-order valence-corrected chi connectivity index (χ4v) is 4.47. The molecule has 1 fully saturated rings. The zero-order valence-electron chi connectivity index (χ0n) is 13.5. The van der Waals surface area contributed by atoms with Crippen molar-refractivity contribution in [2.75, 3.05) is 6.54 Å². The summed E-state index contributed by atoms with van der Waals surface area (Å²) in [7, 11) is 0. The second kappa shape index (κ2) is 6.39. The van der Waals surface area contributed by atoms with Crippen molar-refractivity contribution in [3.8, 4) is 5.75 Å². The van der Waals surface area contributed by atoms with E-state index in [9.17, 15) is 5.11 Å². The van der Waals surface area contributed by atoms with Gasteiger partial charge >= 0.3 is 0 Å². The summed E-state index contributed by atoms with van der Waals surface area (Å²) in [5.41, 5.74) is 3.88. The highest BCUT2D eigenvalue weighted by Gasteiger charge is 2.31. The van der Waals surface area contributed by atoms with Crippen molar-refractivity contribution in [3.63, 3.8) is 0 Å². The first kappa shape index (κ1) is 14.9. The number of fused-ring (bicyclic) bond motifs is 1. The average Bonchev–Trinajstić information content (AvgIpc) is 2.82. The molecule has 2 nitrogen and oxygen atoms in total. The minimum absolute atomic E-state index is 0.346. The van der Waals surface area contributed by atoms with Gasteiger partial charge in [0.1, 0.15) is 5.75 Å². The van der Waals surface area contributed by atoms with Crippen molar-refractivity contribution >= 4 is 0 Å². The first-order valence-corrected chi connectivity index (χ1v) is 8.72. The van der Waals surface area contributed by atoms with Crippen LogP contribution in [0.25, 0.3) is 0 Å². The molecule has 0 radical (unpaired) electrons. The third kappa shape index (κ3) is 3.11. The maximum Gasteiger partial charge on any atom is 0.120 e. The molecule has 21 heavy (non-hydrogen) atoms. The zero-order valence-corrected chi connectivity index (χ0v) is 13.5. The first-order chi connectivity index (χ1) is 10.2. The molecule has 2 N–H and O–H groups in total. The Hall–Kier alpha value is -1.02. The summed E-state index contributed by atoms with van der Waals surface area (Å²) in [6, 6.07) is 4.26. The van der Waals surface area contributed by atoms with Crippen LogP contribution < -0.4 is 5.32 Å². The Labute approximate surface area is 129 Å². The molecule has 2 heteroatoms. The van der Waals surface area contributed by atoms with Crippen molar-refractivity contribution in [2.24, 2.45) is 5.92 Å². The van der Waals surface area contributed by atoms with E-state index in [1.54, 1.807) is 0 Å². The van der Waals surface area contributed by atoms with E-state index in [-0.39, 0.29) is 0 Å². The molecule has 1 aromatic rings. The van der Waals surface area contributed by atoms with Gasteiger partial charge in [0, 0.05) is 11.6 Å². The number of hydrogen-bond donors (Lipinski definition) is 2. The molecule has 116 valence electrons. The van der Waals surface area contributed by atoms with E-state index in [0.29, 0.717) is 17.7 Å². The van der Waals surface area contributed by atoms with Crippen LogP contribution in [0.5, 0.6) is 5.75 Å². The Morgan fingerprint density at radius 1 is 1.14 bits per heavy atom. The van der Waals surface area contributed by atoms with Crippen molar-refractivity contribution in [3.05, 3.63) is 28.8 Å². The smallest absolute Gasteiger partial charge is 0.120 e. The lowest BCUT2D eigenvalue weighted by Gasteiger charge is -2.23. The van der Waals surface area contributed by atoms with Gasteiger partial charge in [-0.3, -0.25) is 0 Å². The maximum atomic E-state index is 10.3. The summed E-state index contributed by atoms with van der Waals surface area (Å²) in [6.45, 7) is 5.54. The van der Waals surface area contributed by atoms with Crippen LogP contribution in [0.15, 0.2) is 12.1 Å². The fourth-order valence-electron chi connectivity index (χ4n) is 4.47. The van der Waals surface area contributed by atoms with Gasteiger partial charge in [0.15, 0.2) is 0 Å². The number of hydrogen-bond acceptors (Lipinski definition) is 2. The van der Waals surface area contributed by atoms with Gasteiger partial charge in [-0.05, 0) is 55.3 Å². The summed E-state index contributed by atoms with van der Waals surface area (Å²) < 4.78 is 0. The van der Waals surface area contributed by atoms with Crippen LogP contribution in [0.4, 0.5) is 0 Å². The van der Waals surface area contributed by atoms with Crippen molar-refractivity contribution < 1.29 is 5.11 Å². The standard InChI is InChI=1S/C19H29NO/c1-13-8-9-17(21)19-16(12-14(2)18(13)19)20-11-10-15-6-4-3-5-7-15/h8-9,14-16,20-21H,3-7,10-12H2,1-2H3. The van der Waals surface area contributed by atoms with E-state index in [2.05, 4.69) is 25.2 Å². The minimum Gasteiger partial charge on any atom is -0.508 e. The predicted molar refractivity (Wildman–Crippen MR) is 87.8 cm³/mol. The number of aromatic hydroxyl groups is 1. The first-order valence-electron chi connectivity index (χ1n) is 8.72. The van der Waals surface area contributed by atoms with Gasteiger partial charge in [0.2, 0.25) is 0 Å². The van der Waals surface area contributed by atoms with Crippen LogP contribution in [0.2, 0.25) is 0 Å². The van der Waals surface area contributed by atoms with Crippen molar-refractivity contribution in [2.45, 2.75) is 70.8 Å². The SMILES string of the molecule is Cc1ccc(O)c2c1C(C)CC2NCCC1CCCCC1. The van der Waals surface area contributed by atoms with Gasteiger partial charge in [-0.2, -0.15) is 0 Å². The molecule has 0 amide bonds. The van der Waals surface area contributed by atoms with Crippen molar-refractivity contribution in [1.29, 1.82) is 0 Å². The summed E-state index contributed by atoms with van der Waals surface area (Å²) in [5.74, 6) is 1.96. The molecule has 2 aliphatic rings. The number of nitrogens with one attached hydrogen (secondary N) is 1. The summed E-state index contributed by atoms with van der Waals surface area (Å²) >= 11 is 0. The lowest BCUT2D eigenvalue weighted by atomic mass is 9.87. The van der Waals surface area contributed by atoms with Gasteiger partial charge in [-0.25, -0.2) is 0 Å². The van der Waals surface area contributed by atoms with Gasteiger partial charge < -0.3 is 10.4 Å². The second-order valence-electron chi connectivity index (χ2n) is 7.17. The second-order valence-corrected chi connectivity index (χ2v) is 7.17. The molecule has 2 unspecified atom stereocenters. The van der Waals surface area contributed by atoms with Crippen LogP contribution in [0, 0.1) is 12.8 Å². The highest BCUT2D eigenvalue weighted by Crippen LogP contribution is 2.45. The van der Waals surface area contributed by atoms with Gasteiger partial charge in [-0.1, -0.05) is 45.1 Å². The Morgan fingerprint density at radius 3 is 2.67 bits per heavy atom. The van der Waals surface area contributed by atoms with E-state index in [4.69, 9.17) is 0 Å². The van der Waals surface area contributed by atoms with Gasteiger partial charge in [0.25, 0.3) is 0 Å². The maximum absolute atomic E-state index is 10.3. The van der Waals surface area contributed by atoms with Crippen LogP contribution in [0.1, 0.15) is 80.5 Å². The molecule has 1 saturated carbocycles. The third-order valence-corrected chi connectivity index (χ3v) is 5.58. The molecule has 0 aromatic heterocycles. The minimum atomic E-state index is 0.346. The largest absolute Gasteiger partial charge is 0.508 e. The number of rotatable bonds is 4. The Bertz CT molecular complexity index is 491. The molecule has 0 bridgehead atoms. The third-order valence-electron chi connectivity index (χ3n) is 5.58. The Balaban J connectivity index is 1.62. The zero-order chi connectivity index (χ0) is 14.8. The highest BCUT2D eigenvalue weighted by molar-refractivity contribution is 5.50. The van der Waals surface area contributed by atoms with Gasteiger partial charge in [-0.15, -0.1) is 0 Å². The Morgan fingerprint density at radius 2 is 1.90 bits per heavy atom. The summed E-state index contributed by atoms with van der Waals surface area (Å²) in [5, 5.41) is 14.0. The van der Waals surface area contributed by atoms with Crippen LogP contribution >= 0.6 is 0 Å². The van der Waals surface area contributed by atoms with Crippen LogP contribution in [0.3, 0.4) is 0 Å². The fraction of sp³-hybridized carbons (Fsp3) is 0.684. The molecule has 0 aliphatic heterocycles. The average molecular weight is 287 g/mol. The lowest BCUT2D eigenvalue weighted by Crippen LogP contribution is -2.23. The molecule has 3 rings (SSSR count). The molecular formula is C19H29NO. The van der Waals surface area contributed by atoms with Crippen LogP contribution in [-0.2, 0) is 0 Å². The topological polar surface area (TPSA) is 32.3 Å². The monoisotopic (exact) mass is 287 g/mol. The van der Waals surface area contributed by atoms with E-state index < -0.39 is 0 Å². The van der Waals surface area contributed by atoms with E-state index in [1.807, 2.05) is 6.07 Å². The number of benzene rings is 1. The van der Waals surface area contributed by atoms with E-state index in [0.717, 1.165) is 18.9 Å². The molecule has 1 aromatic carbocycles.